The van der Waals surface area contributed by atoms with E-state index >= 15 is 0 Å². The minimum atomic E-state index is -0.927. The molecule has 0 aliphatic rings. The fourth-order valence-electron chi connectivity index (χ4n) is 1.41. The van der Waals surface area contributed by atoms with Gasteiger partial charge in [0.1, 0.15) is 0 Å². The molecule has 0 spiro atoms. The molecule has 0 bridgehead atoms. The van der Waals surface area contributed by atoms with Gasteiger partial charge >= 0.3 is 5.97 Å². The smallest absolute Gasteiger partial charge is 0.307 e. The average Bonchev–Trinajstić information content (AvgIpc) is 2.34. The number of pyridine rings is 1. The first-order valence-electron chi connectivity index (χ1n) is 5.52. The number of hydrogen-bond donors (Lipinski definition) is 2. The maximum absolute atomic E-state index is 11.5. The summed E-state index contributed by atoms with van der Waals surface area (Å²) >= 11 is 0. The fourth-order valence-corrected chi connectivity index (χ4v) is 1.41. The van der Waals surface area contributed by atoms with Gasteiger partial charge in [-0.2, -0.15) is 0 Å². The van der Waals surface area contributed by atoms with Crippen molar-refractivity contribution in [2.24, 2.45) is 5.92 Å². The highest BCUT2D eigenvalue weighted by Gasteiger charge is 2.18. The Morgan fingerprint density at radius 3 is 2.82 bits per heavy atom. The lowest BCUT2D eigenvalue weighted by Crippen LogP contribution is -2.27. The monoisotopic (exact) mass is 236 g/mol. The van der Waals surface area contributed by atoms with Crippen LogP contribution in [-0.2, 0) is 16.1 Å². The van der Waals surface area contributed by atoms with Crippen LogP contribution < -0.4 is 5.32 Å². The molecule has 17 heavy (non-hydrogen) atoms. The molecule has 1 rings (SSSR count). The van der Waals surface area contributed by atoms with Crippen LogP contribution in [0.1, 0.15) is 25.3 Å². The summed E-state index contributed by atoms with van der Waals surface area (Å²) in [7, 11) is 0. The van der Waals surface area contributed by atoms with Crippen LogP contribution in [0, 0.1) is 5.92 Å². The Hall–Kier alpha value is -1.91. The zero-order valence-corrected chi connectivity index (χ0v) is 9.72. The second-order valence-electron chi connectivity index (χ2n) is 3.79. The number of nitrogens with one attached hydrogen (secondary N) is 1. The number of amides is 1. The topological polar surface area (TPSA) is 79.3 Å². The molecule has 0 aromatic carbocycles. The number of carboxylic acids is 1. The molecule has 2 N–H and O–H groups in total. The van der Waals surface area contributed by atoms with Gasteiger partial charge in [0.2, 0.25) is 5.91 Å². The van der Waals surface area contributed by atoms with E-state index in [9.17, 15) is 9.59 Å². The summed E-state index contributed by atoms with van der Waals surface area (Å²) in [6.45, 7) is 2.13. The standard InChI is InChI=1S/C12H16N2O3/c1-2-10(12(16)17)6-11(15)14-8-9-4-3-5-13-7-9/h3-5,7,10H,2,6,8H2,1H3,(H,14,15)(H,16,17). The molecule has 0 aliphatic heterocycles. The second-order valence-corrected chi connectivity index (χ2v) is 3.79. The van der Waals surface area contributed by atoms with Crippen LogP contribution in [0.15, 0.2) is 24.5 Å². The lowest BCUT2D eigenvalue weighted by molar-refractivity contribution is -0.144. The van der Waals surface area contributed by atoms with Gasteiger partial charge in [-0.25, -0.2) is 0 Å². The summed E-state index contributed by atoms with van der Waals surface area (Å²) in [5.41, 5.74) is 0.893. The van der Waals surface area contributed by atoms with E-state index in [1.54, 1.807) is 25.4 Å². The van der Waals surface area contributed by atoms with Crippen molar-refractivity contribution in [3.8, 4) is 0 Å². The molecule has 0 aliphatic carbocycles. The van der Waals surface area contributed by atoms with Crippen LogP contribution in [0.3, 0.4) is 0 Å². The lowest BCUT2D eigenvalue weighted by atomic mass is 10.0. The summed E-state index contributed by atoms with van der Waals surface area (Å²) in [6.07, 6.45) is 3.79. The normalized spacial score (nSPS) is 11.8. The molecule has 1 amide bonds. The third-order valence-corrected chi connectivity index (χ3v) is 2.49. The van der Waals surface area contributed by atoms with Crippen molar-refractivity contribution in [1.29, 1.82) is 0 Å². The van der Waals surface area contributed by atoms with Gasteiger partial charge in [0.05, 0.1) is 5.92 Å². The van der Waals surface area contributed by atoms with E-state index in [1.807, 2.05) is 6.07 Å². The summed E-state index contributed by atoms with van der Waals surface area (Å²) in [5.74, 6) is -1.78. The zero-order chi connectivity index (χ0) is 12.7. The van der Waals surface area contributed by atoms with E-state index in [-0.39, 0.29) is 12.3 Å². The number of carbonyl (C=O) groups is 2. The summed E-state index contributed by atoms with van der Waals surface area (Å²) in [5, 5.41) is 11.5. The van der Waals surface area contributed by atoms with Crippen LogP contribution in [0.5, 0.6) is 0 Å². The van der Waals surface area contributed by atoms with Crippen molar-refractivity contribution < 1.29 is 14.7 Å². The lowest BCUT2D eigenvalue weighted by Gasteiger charge is -2.09. The number of rotatable bonds is 6. The molecule has 1 heterocycles. The van der Waals surface area contributed by atoms with E-state index in [2.05, 4.69) is 10.3 Å². The van der Waals surface area contributed by atoms with Crippen molar-refractivity contribution in [1.82, 2.24) is 10.3 Å². The first-order chi connectivity index (χ1) is 8.13. The van der Waals surface area contributed by atoms with E-state index in [0.717, 1.165) is 5.56 Å². The van der Waals surface area contributed by atoms with Crippen molar-refractivity contribution in [3.05, 3.63) is 30.1 Å². The number of aliphatic carboxylic acids is 1. The van der Waals surface area contributed by atoms with Gasteiger partial charge < -0.3 is 10.4 Å². The van der Waals surface area contributed by atoms with Crippen molar-refractivity contribution in [2.75, 3.05) is 0 Å². The Morgan fingerprint density at radius 1 is 1.53 bits per heavy atom. The summed E-state index contributed by atoms with van der Waals surface area (Å²) < 4.78 is 0. The van der Waals surface area contributed by atoms with Gasteiger partial charge in [0.25, 0.3) is 0 Å². The first kappa shape index (κ1) is 13.2. The Balaban J connectivity index is 2.37. The minimum Gasteiger partial charge on any atom is -0.481 e. The molecular weight excluding hydrogens is 220 g/mol. The summed E-state index contributed by atoms with van der Waals surface area (Å²) in [4.78, 5) is 26.2. The highest BCUT2D eigenvalue weighted by molar-refractivity contribution is 5.82. The predicted molar refractivity (Wildman–Crippen MR) is 62.1 cm³/mol. The van der Waals surface area contributed by atoms with Crippen LogP contribution in [0.4, 0.5) is 0 Å². The number of aromatic nitrogens is 1. The second kappa shape index (κ2) is 6.62. The van der Waals surface area contributed by atoms with E-state index < -0.39 is 11.9 Å². The van der Waals surface area contributed by atoms with Gasteiger partial charge in [0.15, 0.2) is 0 Å². The van der Waals surface area contributed by atoms with Gasteiger partial charge in [-0.1, -0.05) is 13.0 Å². The maximum atomic E-state index is 11.5. The largest absolute Gasteiger partial charge is 0.481 e. The molecule has 5 nitrogen and oxygen atoms in total. The molecule has 1 unspecified atom stereocenters. The Morgan fingerprint density at radius 2 is 2.29 bits per heavy atom. The molecule has 5 heteroatoms. The molecule has 92 valence electrons. The number of nitrogens with zero attached hydrogens (tertiary/aromatic N) is 1. The maximum Gasteiger partial charge on any atom is 0.307 e. The van der Waals surface area contributed by atoms with Crippen molar-refractivity contribution in [2.45, 2.75) is 26.3 Å². The molecule has 0 radical (unpaired) electrons. The molecule has 1 atom stereocenters. The van der Waals surface area contributed by atoms with Gasteiger partial charge in [-0.15, -0.1) is 0 Å². The highest BCUT2D eigenvalue weighted by Crippen LogP contribution is 2.08. The fraction of sp³-hybridized carbons (Fsp3) is 0.417. The Kier molecular flexibility index (Phi) is 5.13. The third-order valence-electron chi connectivity index (χ3n) is 2.49. The summed E-state index contributed by atoms with van der Waals surface area (Å²) in [6, 6.07) is 3.63. The molecule has 1 aromatic rings. The number of hydrogen-bond acceptors (Lipinski definition) is 3. The van der Waals surface area contributed by atoms with Gasteiger partial charge in [-0.3, -0.25) is 14.6 Å². The predicted octanol–water partition coefficient (Wildman–Crippen LogP) is 1.20. The zero-order valence-electron chi connectivity index (χ0n) is 9.72. The number of carbonyl (C=O) groups excluding carboxylic acids is 1. The van der Waals surface area contributed by atoms with Crippen LogP contribution in [-0.4, -0.2) is 22.0 Å². The van der Waals surface area contributed by atoms with E-state index in [1.165, 1.54) is 0 Å². The van der Waals surface area contributed by atoms with Crippen LogP contribution in [0.2, 0.25) is 0 Å². The van der Waals surface area contributed by atoms with Gasteiger partial charge in [-0.05, 0) is 18.1 Å². The van der Waals surface area contributed by atoms with E-state index in [0.29, 0.717) is 13.0 Å². The van der Waals surface area contributed by atoms with Gasteiger partial charge in [0, 0.05) is 25.4 Å². The van der Waals surface area contributed by atoms with Crippen LogP contribution >= 0.6 is 0 Å². The first-order valence-corrected chi connectivity index (χ1v) is 5.52. The third kappa shape index (κ3) is 4.63. The quantitative estimate of drug-likeness (QED) is 0.777. The van der Waals surface area contributed by atoms with Crippen molar-refractivity contribution in [3.63, 3.8) is 0 Å². The molecule has 0 saturated heterocycles. The molecule has 1 aromatic heterocycles. The Labute approximate surface area is 99.9 Å². The Bertz CT molecular complexity index is 379. The van der Waals surface area contributed by atoms with Crippen molar-refractivity contribution >= 4 is 11.9 Å². The number of carboxylic acid groups (broad SMARTS) is 1. The highest BCUT2D eigenvalue weighted by atomic mass is 16.4. The van der Waals surface area contributed by atoms with E-state index in [4.69, 9.17) is 5.11 Å². The molecule has 0 saturated carbocycles. The minimum absolute atomic E-state index is 0.0199. The average molecular weight is 236 g/mol. The molecular formula is C12H16N2O3. The van der Waals surface area contributed by atoms with Crippen LogP contribution in [0.25, 0.3) is 0 Å². The SMILES string of the molecule is CCC(CC(=O)NCc1cccnc1)C(=O)O. The molecule has 0 fully saturated rings.